The van der Waals surface area contributed by atoms with E-state index in [1.807, 2.05) is 24.3 Å². The minimum Gasteiger partial charge on any atom is -0.481 e. The molecule has 0 aliphatic rings. The molecule has 0 amide bonds. The van der Waals surface area contributed by atoms with Crippen molar-refractivity contribution in [2.45, 2.75) is 0 Å². The summed E-state index contributed by atoms with van der Waals surface area (Å²) in [6.45, 7) is 0. The highest BCUT2D eigenvalue weighted by Gasteiger charge is 2.20. The van der Waals surface area contributed by atoms with Crippen LogP contribution in [-0.4, -0.2) is 17.0 Å². The fourth-order valence-electron chi connectivity index (χ4n) is 1.76. The fraction of sp³-hybridized carbons (Fsp3) is 0.0667. The first-order valence-electron chi connectivity index (χ1n) is 6.02. The van der Waals surface area contributed by atoms with Crippen molar-refractivity contribution >= 4 is 17.3 Å². The summed E-state index contributed by atoms with van der Waals surface area (Å²) in [6.07, 6.45) is 1.55. The quantitative estimate of drug-likeness (QED) is 0.488. The van der Waals surface area contributed by atoms with E-state index < -0.39 is 4.92 Å². The standard InChI is InChI=1S/C15H11N3O3/c1-21-14-8-7-13(18(19)20)15(17-14)12(10-16)9-11-5-3-2-4-6-11/h2-9H,1H3/b12-9+. The molecule has 1 heterocycles. The van der Waals surface area contributed by atoms with Gasteiger partial charge in [0.2, 0.25) is 5.88 Å². The van der Waals surface area contributed by atoms with E-state index in [4.69, 9.17) is 4.74 Å². The molecule has 0 unspecified atom stereocenters. The molecule has 0 aliphatic heterocycles. The summed E-state index contributed by atoms with van der Waals surface area (Å²) < 4.78 is 4.96. The van der Waals surface area contributed by atoms with Crippen LogP contribution in [0, 0.1) is 21.4 Å². The maximum atomic E-state index is 11.1. The summed E-state index contributed by atoms with van der Waals surface area (Å²) in [5, 5.41) is 20.4. The molecule has 0 saturated carbocycles. The van der Waals surface area contributed by atoms with Gasteiger partial charge in [-0.15, -0.1) is 0 Å². The van der Waals surface area contributed by atoms with Crippen molar-refractivity contribution in [2.24, 2.45) is 0 Å². The monoisotopic (exact) mass is 281 g/mol. The number of pyridine rings is 1. The topological polar surface area (TPSA) is 89.0 Å². The number of hydrogen-bond acceptors (Lipinski definition) is 5. The maximum Gasteiger partial charge on any atom is 0.296 e. The van der Waals surface area contributed by atoms with Gasteiger partial charge in [-0.2, -0.15) is 5.26 Å². The highest BCUT2D eigenvalue weighted by molar-refractivity contribution is 5.91. The van der Waals surface area contributed by atoms with Crippen molar-refractivity contribution in [1.29, 1.82) is 5.26 Å². The van der Waals surface area contributed by atoms with Crippen LogP contribution >= 0.6 is 0 Å². The van der Waals surface area contributed by atoms with Gasteiger partial charge in [0.25, 0.3) is 5.69 Å². The second kappa shape index (κ2) is 6.30. The molecule has 6 heteroatoms. The predicted octanol–water partition coefficient (Wildman–Crippen LogP) is 3.06. The van der Waals surface area contributed by atoms with Crippen molar-refractivity contribution in [1.82, 2.24) is 4.98 Å². The van der Waals surface area contributed by atoms with E-state index in [-0.39, 0.29) is 22.8 Å². The molecule has 0 bridgehead atoms. The molecule has 6 nitrogen and oxygen atoms in total. The summed E-state index contributed by atoms with van der Waals surface area (Å²) in [5.41, 5.74) is 0.616. The second-order valence-electron chi connectivity index (χ2n) is 4.06. The minimum atomic E-state index is -0.571. The van der Waals surface area contributed by atoms with E-state index >= 15 is 0 Å². The van der Waals surface area contributed by atoms with E-state index in [1.54, 1.807) is 18.2 Å². The maximum absolute atomic E-state index is 11.1. The Kier molecular flexibility index (Phi) is 4.26. The summed E-state index contributed by atoms with van der Waals surface area (Å²) in [6, 6.07) is 13.7. The zero-order chi connectivity index (χ0) is 15.2. The molecular weight excluding hydrogens is 270 g/mol. The summed E-state index contributed by atoms with van der Waals surface area (Å²) in [4.78, 5) is 14.5. The van der Waals surface area contributed by atoms with Crippen molar-refractivity contribution in [3.8, 4) is 11.9 Å². The third-order valence-corrected chi connectivity index (χ3v) is 2.74. The normalized spacial score (nSPS) is 10.8. The van der Waals surface area contributed by atoms with Gasteiger partial charge >= 0.3 is 0 Å². The van der Waals surface area contributed by atoms with Gasteiger partial charge in [-0.1, -0.05) is 30.3 Å². The van der Waals surface area contributed by atoms with Gasteiger partial charge in [0.1, 0.15) is 6.07 Å². The molecule has 0 aliphatic carbocycles. The first kappa shape index (κ1) is 14.2. The Morgan fingerprint density at radius 1 is 1.33 bits per heavy atom. The highest BCUT2D eigenvalue weighted by Crippen LogP contribution is 2.27. The number of hydrogen-bond donors (Lipinski definition) is 0. The zero-order valence-electron chi connectivity index (χ0n) is 11.2. The molecule has 0 fully saturated rings. The van der Waals surface area contributed by atoms with Crippen LogP contribution < -0.4 is 4.74 Å². The average Bonchev–Trinajstić information content (AvgIpc) is 2.52. The SMILES string of the molecule is COc1ccc([N+](=O)[O-])c(/C(C#N)=C/c2ccccc2)n1. The number of nitrogens with zero attached hydrogens (tertiary/aromatic N) is 3. The summed E-state index contributed by atoms with van der Waals surface area (Å²) >= 11 is 0. The van der Waals surface area contributed by atoms with Crippen molar-refractivity contribution in [3.63, 3.8) is 0 Å². The lowest BCUT2D eigenvalue weighted by atomic mass is 10.1. The average molecular weight is 281 g/mol. The number of aromatic nitrogens is 1. The van der Waals surface area contributed by atoms with Crippen LogP contribution in [0.2, 0.25) is 0 Å². The number of ether oxygens (including phenoxy) is 1. The Bertz CT molecular complexity index is 734. The van der Waals surface area contributed by atoms with Gasteiger partial charge in [-0.25, -0.2) is 4.98 Å². The van der Waals surface area contributed by atoms with Crippen LogP contribution in [-0.2, 0) is 0 Å². The van der Waals surface area contributed by atoms with E-state index in [9.17, 15) is 15.4 Å². The van der Waals surface area contributed by atoms with E-state index in [0.717, 1.165) is 5.56 Å². The van der Waals surface area contributed by atoms with Crippen molar-refractivity contribution in [3.05, 3.63) is 63.8 Å². The summed E-state index contributed by atoms with van der Waals surface area (Å²) in [7, 11) is 1.41. The van der Waals surface area contributed by atoms with Gasteiger partial charge in [0.15, 0.2) is 5.69 Å². The lowest BCUT2D eigenvalue weighted by Gasteiger charge is -2.04. The number of methoxy groups -OCH3 is 1. The van der Waals surface area contributed by atoms with Gasteiger partial charge < -0.3 is 4.74 Å². The third kappa shape index (κ3) is 3.22. The molecule has 0 spiro atoms. The van der Waals surface area contributed by atoms with Crippen LogP contribution in [0.4, 0.5) is 5.69 Å². The molecule has 104 valence electrons. The zero-order valence-corrected chi connectivity index (χ0v) is 11.2. The Balaban J connectivity index is 2.59. The van der Waals surface area contributed by atoms with Crippen LogP contribution in [0.15, 0.2) is 42.5 Å². The number of allylic oxidation sites excluding steroid dienone is 1. The van der Waals surface area contributed by atoms with Crippen molar-refractivity contribution < 1.29 is 9.66 Å². The number of rotatable bonds is 4. The fourth-order valence-corrected chi connectivity index (χ4v) is 1.76. The molecular formula is C15H11N3O3. The van der Waals surface area contributed by atoms with Crippen LogP contribution in [0.1, 0.15) is 11.3 Å². The van der Waals surface area contributed by atoms with Gasteiger partial charge in [-0.3, -0.25) is 10.1 Å². The number of nitriles is 1. The summed E-state index contributed by atoms with van der Waals surface area (Å²) in [5.74, 6) is 0.213. The van der Waals surface area contributed by atoms with Gasteiger partial charge in [-0.05, 0) is 11.6 Å². The highest BCUT2D eigenvalue weighted by atomic mass is 16.6. The third-order valence-electron chi connectivity index (χ3n) is 2.74. The first-order valence-corrected chi connectivity index (χ1v) is 6.02. The van der Waals surface area contributed by atoms with E-state index in [0.29, 0.717) is 0 Å². The smallest absolute Gasteiger partial charge is 0.296 e. The molecule has 0 saturated heterocycles. The molecule has 0 radical (unpaired) electrons. The van der Waals surface area contributed by atoms with Crippen molar-refractivity contribution in [2.75, 3.05) is 7.11 Å². The lowest BCUT2D eigenvalue weighted by Crippen LogP contribution is -1.99. The molecule has 1 aromatic carbocycles. The minimum absolute atomic E-state index is 0.00861. The van der Waals surface area contributed by atoms with E-state index in [1.165, 1.54) is 19.2 Å². The lowest BCUT2D eigenvalue weighted by molar-refractivity contribution is -0.385. The van der Waals surface area contributed by atoms with Crippen LogP contribution in [0.3, 0.4) is 0 Å². The number of nitro groups is 1. The predicted molar refractivity (Wildman–Crippen MR) is 77.4 cm³/mol. The Hall–Kier alpha value is -3.20. The number of benzene rings is 1. The molecule has 2 aromatic rings. The second-order valence-corrected chi connectivity index (χ2v) is 4.06. The molecule has 0 N–H and O–H groups in total. The Morgan fingerprint density at radius 2 is 2.05 bits per heavy atom. The van der Waals surface area contributed by atoms with E-state index in [2.05, 4.69) is 4.98 Å². The Morgan fingerprint density at radius 3 is 2.62 bits per heavy atom. The molecule has 0 atom stereocenters. The Labute approximate surface area is 121 Å². The van der Waals surface area contributed by atoms with Crippen LogP contribution in [0.25, 0.3) is 11.6 Å². The largest absolute Gasteiger partial charge is 0.481 e. The van der Waals surface area contributed by atoms with Crippen LogP contribution in [0.5, 0.6) is 5.88 Å². The molecule has 1 aromatic heterocycles. The van der Waals surface area contributed by atoms with Gasteiger partial charge in [0, 0.05) is 12.1 Å². The van der Waals surface area contributed by atoms with Gasteiger partial charge in [0.05, 0.1) is 17.6 Å². The molecule has 21 heavy (non-hydrogen) atoms. The first-order chi connectivity index (χ1) is 10.2. The molecule has 2 rings (SSSR count).